The molecule has 1 amide bonds. The molecule has 0 spiro atoms. The highest BCUT2D eigenvalue weighted by Gasteiger charge is 2.14. The Labute approximate surface area is 327 Å². The SMILES string of the molecule is CC/C=C\C/C=C\C/C=C\C/C=C\CCC(CCCCCCCC(=O)NCC(=O)O)OC(=O)CCCCCCCCCCCCCCCCCCCC. The smallest absolute Gasteiger partial charge is 0.322 e. The van der Waals surface area contributed by atoms with Gasteiger partial charge in [0.1, 0.15) is 12.6 Å². The third-order valence-electron chi connectivity index (χ3n) is 9.77. The Balaban J connectivity index is 4.20. The molecule has 0 rings (SSSR count). The van der Waals surface area contributed by atoms with Crippen molar-refractivity contribution in [1.82, 2.24) is 5.32 Å². The molecule has 1 unspecified atom stereocenters. The summed E-state index contributed by atoms with van der Waals surface area (Å²) < 4.78 is 6.00. The van der Waals surface area contributed by atoms with E-state index in [1.54, 1.807) is 0 Å². The highest BCUT2D eigenvalue weighted by Crippen LogP contribution is 2.18. The molecule has 0 aliphatic heterocycles. The van der Waals surface area contributed by atoms with Crippen LogP contribution in [0.5, 0.6) is 0 Å². The number of nitrogens with one attached hydrogen (secondary N) is 1. The first-order valence-corrected chi connectivity index (χ1v) is 22.3. The van der Waals surface area contributed by atoms with E-state index in [0.29, 0.717) is 12.8 Å². The Kier molecular flexibility index (Phi) is 40.0. The zero-order valence-electron chi connectivity index (χ0n) is 34.6. The summed E-state index contributed by atoms with van der Waals surface area (Å²) in [6, 6.07) is 0. The number of unbranched alkanes of at least 4 members (excludes halogenated alkanes) is 21. The van der Waals surface area contributed by atoms with E-state index in [4.69, 9.17) is 9.84 Å². The van der Waals surface area contributed by atoms with Crippen LogP contribution in [0.4, 0.5) is 0 Å². The predicted octanol–water partition coefficient (Wildman–Crippen LogP) is 13.8. The quantitative estimate of drug-likeness (QED) is 0.0370. The molecular formula is C47H83NO5. The molecule has 6 nitrogen and oxygen atoms in total. The number of aliphatic carboxylic acids is 1. The second kappa shape index (κ2) is 42.1. The van der Waals surface area contributed by atoms with Crippen LogP contribution in [0.15, 0.2) is 48.6 Å². The summed E-state index contributed by atoms with van der Waals surface area (Å²) in [5, 5.41) is 11.1. The minimum atomic E-state index is -1.02. The van der Waals surface area contributed by atoms with Gasteiger partial charge in [-0.3, -0.25) is 14.4 Å². The normalized spacial score (nSPS) is 12.5. The van der Waals surface area contributed by atoms with Crippen LogP contribution < -0.4 is 5.32 Å². The van der Waals surface area contributed by atoms with Gasteiger partial charge in [-0.15, -0.1) is 0 Å². The lowest BCUT2D eigenvalue weighted by Crippen LogP contribution is -2.28. The molecule has 0 aromatic carbocycles. The fourth-order valence-corrected chi connectivity index (χ4v) is 6.51. The second-order valence-corrected chi connectivity index (χ2v) is 14.9. The summed E-state index contributed by atoms with van der Waals surface area (Å²) in [6.45, 7) is 4.11. The number of carbonyl (C=O) groups excluding carboxylic acids is 2. The first-order chi connectivity index (χ1) is 26.0. The average Bonchev–Trinajstić information content (AvgIpc) is 3.14. The van der Waals surface area contributed by atoms with Crippen molar-refractivity contribution in [3.05, 3.63) is 48.6 Å². The molecule has 0 saturated carbocycles. The number of ether oxygens (including phenoxy) is 1. The van der Waals surface area contributed by atoms with Crippen molar-refractivity contribution < 1.29 is 24.2 Å². The molecule has 6 heteroatoms. The number of carboxylic acids is 1. The van der Waals surface area contributed by atoms with Gasteiger partial charge in [-0.2, -0.15) is 0 Å². The Morgan fingerprint density at radius 2 is 0.925 bits per heavy atom. The maximum Gasteiger partial charge on any atom is 0.322 e. The molecule has 0 saturated heterocycles. The van der Waals surface area contributed by atoms with Crippen LogP contribution >= 0.6 is 0 Å². The molecule has 0 aromatic heterocycles. The molecule has 53 heavy (non-hydrogen) atoms. The molecule has 2 N–H and O–H groups in total. The van der Waals surface area contributed by atoms with Crippen molar-refractivity contribution >= 4 is 17.8 Å². The maximum absolute atomic E-state index is 12.8. The van der Waals surface area contributed by atoms with Gasteiger partial charge in [-0.05, 0) is 64.2 Å². The van der Waals surface area contributed by atoms with Crippen LogP contribution in [0.3, 0.4) is 0 Å². The average molecular weight is 742 g/mol. The standard InChI is InChI=1S/C47H83NO5/c1-3-5-7-9-11-13-15-17-18-19-20-21-23-25-27-29-34-38-42-47(52)53-44(40-36-32-30-33-37-41-45(49)48-43-46(50)51)39-35-31-28-26-24-22-16-14-12-10-8-6-4-2/h6,8,12,14,22,24,28,31,44H,3-5,7,9-11,13,15-21,23,25-27,29-30,32-43H2,1-2H3,(H,48,49)(H,50,51)/b8-6-,14-12-,24-22-,31-28-. The van der Waals surface area contributed by atoms with Crippen molar-refractivity contribution in [2.45, 2.75) is 225 Å². The van der Waals surface area contributed by atoms with Gasteiger partial charge in [0.2, 0.25) is 5.91 Å². The molecule has 0 aromatic rings. The van der Waals surface area contributed by atoms with Gasteiger partial charge in [0.05, 0.1) is 0 Å². The van der Waals surface area contributed by atoms with Crippen molar-refractivity contribution in [1.29, 1.82) is 0 Å². The summed E-state index contributed by atoms with van der Waals surface area (Å²) in [7, 11) is 0. The van der Waals surface area contributed by atoms with Crippen LogP contribution in [0.1, 0.15) is 219 Å². The summed E-state index contributed by atoms with van der Waals surface area (Å²) in [4.78, 5) is 35.0. The first kappa shape index (κ1) is 50.4. The molecule has 306 valence electrons. The number of esters is 1. The monoisotopic (exact) mass is 742 g/mol. The Morgan fingerprint density at radius 1 is 0.509 bits per heavy atom. The molecule has 0 fully saturated rings. The lowest BCUT2D eigenvalue weighted by molar-refractivity contribution is -0.150. The first-order valence-electron chi connectivity index (χ1n) is 22.3. The van der Waals surface area contributed by atoms with Gasteiger partial charge < -0.3 is 15.2 Å². The van der Waals surface area contributed by atoms with E-state index in [1.807, 2.05) is 0 Å². The molecule has 0 aliphatic carbocycles. The second-order valence-electron chi connectivity index (χ2n) is 14.9. The minimum Gasteiger partial charge on any atom is -0.480 e. The van der Waals surface area contributed by atoms with Gasteiger partial charge in [0.15, 0.2) is 0 Å². The Hall–Kier alpha value is -2.63. The highest BCUT2D eigenvalue weighted by atomic mass is 16.5. The number of carboxylic acid groups (broad SMARTS) is 1. The van der Waals surface area contributed by atoms with Crippen LogP contribution in [0.2, 0.25) is 0 Å². The van der Waals surface area contributed by atoms with E-state index in [-0.39, 0.29) is 24.5 Å². The number of hydrogen-bond acceptors (Lipinski definition) is 4. The van der Waals surface area contributed by atoms with E-state index in [9.17, 15) is 14.4 Å². The maximum atomic E-state index is 12.8. The molecule has 1 atom stereocenters. The topological polar surface area (TPSA) is 92.7 Å². The minimum absolute atomic E-state index is 0.0491. The summed E-state index contributed by atoms with van der Waals surface area (Å²) in [6.07, 6.45) is 53.9. The van der Waals surface area contributed by atoms with Crippen molar-refractivity contribution in [3.8, 4) is 0 Å². The lowest BCUT2D eigenvalue weighted by Gasteiger charge is -2.17. The summed E-state index contributed by atoms with van der Waals surface area (Å²) in [5.74, 6) is -1.28. The van der Waals surface area contributed by atoms with Crippen LogP contribution in [-0.4, -0.2) is 35.6 Å². The van der Waals surface area contributed by atoms with Crippen molar-refractivity contribution in [2.75, 3.05) is 6.54 Å². The van der Waals surface area contributed by atoms with Gasteiger partial charge in [0, 0.05) is 12.8 Å². The Bertz CT molecular complexity index is 953. The fourth-order valence-electron chi connectivity index (χ4n) is 6.51. The highest BCUT2D eigenvalue weighted by molar-refractivity contribution is 5.80. The van der Waals surface area contributed by atoms with Gasteiger partial charge in [0.25, 0.3) is 0 Å². The third kappa shape index (κ3) is 42.0. The third-order valence-corrected chi connectivity index (χ3v) is 9.77. The van der Waals surface area contributed by atoms with Crippen molar-refractivity contribution in [2.24, 2.45) is 0 Å². The van der Waals surface area contributed by atoms with Crippen LogP contribution in [0, 0.1) is 0 Å². The zero-order valence-corrected chi connectivity index (χ0v) is 34.6. The van der Waals surface area contributed by atoms with Crippen LogP contribution in [-0.2, 0) is 19.1 Å². The van der Waals surface area contributed by atoms with Gasteiger partial charge >= 0.3 is 11.9 Å². The number of allylic oxidation sites excluding steroid dienone is 8. The van der Waals surface area contributed by atoms with E-state index in [1.165, 1.54) is 103 Å². The van der Waals surface area contributed by atoms with E-state index in [2.05, 4.69) is 67.8 Å². The van der Waals surface area contributed by atoms with Gasteiger partial charge in [-0.1, -0.05) is 191 Å². The molecule has 0 bridgehead atoms. The number of hydrogen-bond donors (Lipinski definition) is 2. The zero-order chi connectivity index (χ0) is 38.7. The van der Waals surface area contributed by atoms with E-state index < -0.39 is 5.97 Å². The summed E-state index contributed by atoms with van der Waals surface area (Å²) in [5.41, 5.74) is 0. The molecule has 0 aliphatic rings. The van der Waals surface area contributed by atoms with E-state index >= 15 is 0 Å². The largest absolute Gasteiger partial charge is 0.480 e. The molecule has 0 heterocycles. The fraction of sp³-hybridized carbons (Fsp3) is 0.766. The van der Waals surface area contributed by atoms with Crippen LogP contribution in [0.25, 0.3) is 0 Å². The number of rotatable bonds is 40. The Morgan fingerprint density at radius 3 is 1.40 bits per heavy atom. The molecule has 0 radical (unpaired) electrons. The number of amides is 1. The predicted molar refractivity (Wildman–Crippen MR) is 226 cm³/mol. The van der Waals surface area contributed by atoms with E-state index in [0.717, 1.165) is 89.9 Å². The number of carbonyl (C=O) groups is 3. The van der Waals surface area contributed by atoms with Crippen molar-refractivity contribution in [3.63, 3.8) is 0 Å². The van der Waals surface area contributed by atoms with Gasteiger partial charge in [-0.25, -0.2) is 0 Å². The lowest BCUT2D eigenvalue weighted by atomic mass is 10.0. The molecular weight excluding hydrogens is 659 g/mol. The summed E-state index contributed by atoms with van der Waals surface area (Å²) >= 11 is 0.